The molecule has 3 rings (SSSR count). The van der Waals surface area contributed by atoms with Gasteiger partial charge >= 0.3 is 0 Å². The van der Waals surface area contributed by atoms with Gasteiger partial charge in [0.2, 0.25) is 5.89 Å². The highest BCUT2D eigenvalue weighted by Crippen LogP contribution is 2.26. The Morgan fingerprint density at radius 1 is 1.25 bits per heavy atom. The first-order valence-electron chi connectivity index (χ1n) is 8.16. The number of rotatable bonds is 6. The molecule has 7 heteroatoms. The van der Waals surface area contributed by atoms with Gasteiger partial charge in [-0.1, -0.05) is 49.9 Å². The van der Waals surface area contributed by atoms with Crippen LogP contribution in [0.2, 0.25) is 0 Å². The van der Waals surface area contributed by atoms with Crippen LogP contribution in [-0.2, 0) is 22.0 Å². The van der Waals surface area contributed by atoms with Crippen molar-refractivity contribution in [2.75, 3.05) is 11.5 Å². The zero-order valence-corrected chi connectivity index (χ0v) is 15.6. The van der Waals surface area contributed by atoms with Crippen molar-refractivity contribution in [3.05, 3.63) is 41.3 Å². The van der Waals surface area contributed by atoms with E-state index >= 15 is 0 Å². The molecular weight excluding hydrogens is 344 g/mol. The standard InChI is InChI=1S/C17H22N2O3S2/c1-12(2)15-5-3-13(4-6-15)10-23-17-19-18-16(22-17)9-14-7-8-24(20,21)11-14/h3-6,12,14H,7-11H2,1-2H3. The topological polar surface area (TPSA) is 73.1 Å². The number of thioether (sulfide) groups is 1. The monoisotopic (exact) mass is 366 g/mol. The summed E-state index contributed by atoms with van der Waals surface area (Å²) in [6.07, 6.45) is 1.24. The molecule has 1 unspecified atom stereocenters. The van der Waals surface area contributed by atoms with E-state index in [0.29, 0.717) is 29.9 Å². The minimum absolute atomic E-state index is 0.108. The Balaban J connectivity index is 1.52. The van der Waals surface area contributed by atoms with E-state index in [1.165, 1.54) is 22.9 Å². The molecule has 0 spiro atoms. The Labute approximate surface area is 147 Å². The lowest BCUT2D eigenvalue weighted by Crippen LogP contribution is -2.07. The van der Waals surface area contributed by atoms with E-state index in [-0.39, 0.29) is 17.4 Å². The lowest BCUT2D eigenvalue weighted by atomic mass is 10.0. The molecule has 0 saturated carbocycles. The summed E-state index contributed by atoms with van der Waals surface area (Å²) in [6.45, 7) is 4.36. The molecule has 1 aliphatic rings. The normalized spacial score (nSPS) is 19.9. The molecule has 0 aliphatic carbocycles. The number of hydrogen-bond donors (Lipinski definition) is 0. The molecule has 130 valence electrons. The van der Waals surface area contributed by atoms with E-state index in [9.17, 15) is 8.42 Å². The van der Waals surface area contributed by atoms with Gasteiger partial charge in [0, 0.05) is 12.2 Å². The fourth-order valence-electron chi connectivity index (χ4n) is 2.80. The molecule has 1 saturated heterocycles. The van der Waals surface area contributed by atoms with E-state index in [0.717, 1.165) is 5.75 Å². The van der Waals surface area contributed by atoms with Gasteiger partial charge in [0.15, 0.2) is 9.84 Å². The van der Waals surface area contributed by atoms with Crippen molar-refractivity contribution in [1.82, 2.24) is 10.2 Å². The van der Waals surface area contributed by atoms with Crippen LogP contribution in [0.5, 0.6) is 0 Å². The highest BCUT2D eigenvalue weighted by Gasteiger charge is 2.29. The van der Waals surface area contributed by atoms with Crippen LogP contribution in [0.15, 0.2) is 33.9 Å². The molecule has 0 radical (unpaired) electrons. The second kappa shape index (κ2) is 7.27. The van der Waals surface area contributed by atoms with Gasteiger partial charge in [-0.3, -0.25) is 0 Å². The highest BCUT2D eigenvalue weighted by molar-refractivity contribution is 7.98. The van der Waals surface area contributed by atoms with Crippen molar-refractivity contribution in [3.8, 4) is 0 Å². The summed E-state index contributed by atoms with van der Waals surface area (Å²) in [4.78, 5) is 0. The third kappa shape index (κ3) is 4.60. The zero-order chi connectivity index (χ0) is 17.2. The molecule has 2 heterocycles. The number of benzene rings is 1. The molecule has 0 amide bonds. The molecule has 1 aliphatic heterocycles. The Hall–Kier alpha value is -1.34. The first kappa shape index (κ1) is 17.5. The fourth-order valence-corrected chi connectivity index (χ4v) is 5.40. The van der Waals surface area contributed by atoms with Gasteiger partial charge in [0.05, 0.1) is 11.5 Å². The van der Waals surface area contributed by atoms with Gasteiger partial charge in [0.25, 0.3) is 5.22 Å². The van der Waals surface area contributed by atoms with Crippen LogP contribution in [0.25, 0.3) is 0 Å². The van der Waals surface area contributed by atoms with Crippen LogP contribution in [-0.4, -0.2) is 30.1 Å². The van der Waals surface area contributed by atoms with Crippen LogP contribution < -0.4 is 0 Å². The molecule has 0 N–H and O–H groups in total. The van der Waals surface area contributed by atoms with Gasteiger partial charge in [-0.2, -0.15) is 0 Å². The summed E-state index contributed by atoms with van der Waals surface area (Å²) in [5.41, 5.74) is 2.54. The molecule has 24 heavy (non-hydrogen) atoms. The molecule has 1 aromatic heterocycles. The Kier molecular flexibility index (Phi) is 5.30. The van der Waals surface area contributed by atoms with Crippen molar-refractivity contribution in [1.29, 1.82) is 0 Å². The third-order valence-electron chi connectivity index (χ3n) is 4.25. The quantitative estimate of drug-likeness (QED) is 0.729. The highest BCUT2D eigenvalue weighted by atomic mass is 32.2. The molecule has 5 nitrogen and oxygen atoms in total. The van der Waals surface area contributed by atoms with Crippen LogP contribution in [0.1, 0.15) is 43.2 Å². The van der Waals surface area contributed by atoms with E-state index in [4.69, 9.17) is 4.42 Å². The van der Waals surface area contributed by atoms with Crippen molar-refractivity contribution in [3.63, 3.8) is 0 Å². The largest absolute Gasteiger partial charge is 0.416 e. The fraction of sp³-hybridized carbons (Fsp3) is 0.529. The molecule has 1 aromatic carbocycles. The maximum absolute atomic E-state index is 11.5. The van der Waals surface area contributed by atoms with E-state index in [1.54, 1.807) is 0 Å². The molecule has 0 bridgehead atoms. The Morgan fingerprint density at radius 3 is 2.62 bits per heavy atom. The maximum Gasteiger partial charge on any atom is 0.276 e. The molecular formula is C17H22N2O3S2. The third-order valence-corrected chi connectivity index (χ3v) is 6.97. The van der Waals surface area contributed by atoms with Gasteiger partial charge in [-0.25, -0.2) is 8.42 Å². The van der Waals surface area contributed by atoms with Gasteiger partial charge < -0.3 is 4.42 Å². The summed E-state index contributed by atoms with van der Waals surface area (Å²) in [7, 11) is -2.86. The van der Waals surface area contributed by atoms with Gasteiger partial charge in [-0.15, -0.1) is 10.2 Å². The zero-order valence-electron chi connectivity index (χ0n) is 13.9. The summed E-state index contributed by atoms with van der Waals surface area (Å²) in [5, 5.41) is 8.64. The number of aromatic nitrogens is 2. The predicted octanol–water partition coefficient (Wildman–Crippen LogP) is 3.46. The number of nitrogens with zero attached hydrogens (tertiary/aromatic N) is 2. The van der Waals surface area contributed by atoms with Crippen LogP contribution in [0, 0.1) is 5.92 Å². The average molecular weight is 367 g/mol. The van der Waals surface area contributed by atoms with Crippen LogP contribution >= 0.6 is 11.8 Å². The van der Waals surface area contributed by atoms with Gasteiger partial charge in [0.1, 0.15) is 0 Å². The molecule has 1 fully saturated rings. The number of hydrogen-bond acceptors (Lipinski definition) is 6. The second-order valence-electron chi connectivity index (χ2n) is 6.62. The van der Waals surface area contributed by atoms with Crippen LogP contribution in [0.3, 0.4) is 0 Å². The predicted molar refractivity (Wildman–Crippen MR) is 94.9 cm³/mol. The van der Waals surface area contributed by atoms with Gasteiger partial charge in [-0.05, 0) is 29.4 Å². The lowest BCUT2D eigenvalue weighted by molar-refractivity contribution is 0.389. The minimum Gasteiger partial charge on any atom is -0.416 e. The SMILES string of the molecule is CC(C)c1ccc(CSc2nnc(CC3CCS(=O)(=O)C3)o2)cc1. The second-order valence-corrected chi connectivity index (χ2v) is 9.78. The maximum atomic E-state index is 11.5. The van der Waals surface area contributed by atoms with Crippen molar-refractivity contribution >= 4 is 21.6 Å². The number of sulfone groups is 1. The van der Waals surface area contributed by atoms with E-state index in [2.05, 4.69) is 48.3 Å². The first-order chi connectivity index (χ1) is 11.4. The molecule has 2 aromatic rings. The Morgan fingerprint density at radius 2 is 2.00 bits per heavy atom. The Bertz CT molecular complexity index is 782. The molecule has 1 atom stereocenters. The lowest BCUT2D eigenvalue weighted by Gasteiger charge is -2.05. The summed E-state index contributed by atoms with van der Waals surface area (Å²) < 4.78 is 28.6. The van der Waals surface area contributed by atoms with Crippen molar-refractivity contribution in [2.24, 2.45) is 5.92 Å². The summed E-state index contributed by atoms with van der Waals surface area (Å²) in [5.74, 6) is 2.47. The van der Waals surface area contributed by atoms with E-state index < -0.39 is 9.84 Å². The minimum atomic E-state index is -2.86. The smallest absolute Gasteiger partial charge is 0.276 e. The summed E-state index contributed by atoms with van der Waals surface area (Å²) >= 11 is 1.51. The van der Waals surface area contributed by atoms with Crippen molar-refractivity contribution < 1.29 is 12.8 Å². The van der Waals surface area contributed by atoms with E-state index in [1.807, 2.05) is 0 Å². The first-order valence-corrected chi connectivity index (χ1v) is 11.0. The average Bonchev–Trinajstić information content (AvgIpc) is 3.12. The summed E-state index contributed by atoms with van der Waals surface area (Å²) in [6, 6.07) is 8.56. The van der Waals surface area contributed by atoms with Crippen molar-refractivity contribution in [2.45, 2.75) is 43.6 Å². The van der Waals surface area contributed by atoms with Crippen LogP contribution in [0.4, 0.5) is 0 Å².